The molecule has 0 aliphatic carbocycles. The lowest BCUT2D eigenvalue weighted by Crippen LogP contribution is -2.23. The highest BCUT2D eigenvalue weighted by atomic mass is 79.9. The highest BCUT2D eigenvalue weighted by Gasteiger charge is 2.11. The second-order valence-electron chi connectivity index (χ2n) is 5.30. The van der Waals surface area contributed by atoms with Crippen molar-refractivity contribution in [3.05, 3.63) is 88.3 Å². The zero-order valence-electron chi connectivity index (χ0n) is 13.2. The zero-order valence-corrected chi connectivity index (χ0v) is 14.7. The molecule has 2 N–H and O–H groups in total. The van der Waals surface area contributed by atoms with E-state index in [0.717, 1.165) is 4.47 Å². The van der Waals surface area contributed by atoms with Gasteiger partial charge in [0.15, 0.2) is 0 Å². The predicted molar refractivity (Wildman–Crippen MR) is 98.4 cm³/mol. The number of carbonyl (C=O) groups is 2. The highest BCUT2D eigenvalue weighted by molar-refractivity contribution is 9.10. The van der Waals surface area contributed by atoms with Gasteiger partial charge in [-0.25, -0.2) is 0 Å². The molecule has 0 bridgehead atoms. The van der Waals surface area contributed by atoms with E-state index in [9.17, 15) is 9.59 Å². The van der Waals surface area contributed by atoms with Crippen LogP contribution in [0, 0.1) is 0 Å². The minimum Gasteiger partial charge on any atom is -0.467 e. The molecule has 0 unspecified atom stereocenters. The standard InChI is InChI=1S/C19H15BrN2O3/c20-15-6-8-16(9-7-15)22-19(24)14-4-1-3-13(11-14)18(23)21-12-17-5-2-10-25-17/h1-11H,12H2,(H,21,23)(H,22,24). The first-order valence-corrected chi connectivity index (χ1v) is 8.39. The molecule has 1 heterocycles. The van der Waals surface area contributed by atoms with Crippen molar-refractivity contribution in [3.8, 4) is 0 Å². The lowest BCUT2D eigenvalue weighted by Gasteiger charge is -2.08. The van der Waals surface area contributed by atoms with Gasteiger partial charge in [-0.05, 0) is 54.6 Å². The molecule has 25 heavy (non-hydrogen) atoms. The molecule has 0 saturated carbocycles. The number of hydrogen-bond acceptors (Lipinski definition) is 3. The number of nitrogens with one attached hydrogen (secondary N) is 2. The van der Waals surface area contributed by atoms with Crippen LogP contribution in [0.5, 0.6) is 0 Å². The van der Waals surface area contributed by atoms with E-state index >= 15 is 0 Å². The molecule has 126 valence electrons. The number of rotatable bonds is 5. The lowest BCUT2D eigenvalue weighted by molar-refractivity contribution is 0.0948. The third kappa shape index (κ3) is 4.58. The van der Waals surface area contributed by atoms with Crippen molar-refractivity contribution in [3.63, 3.8) is 0 Å². The third-order valence-corrected chi connectivity index (χ3v) is 4.02. The number of amides is 2. The molecule has 0 aliphatic rings. The first-order valence-electron chi connectivity index (χ1n) is 7.59. The van der Waals surface area contributed by atoms with Crippen molar-refractivity contribution in [2.75, 3.05) is 5.32 Å². The van der Waals surface area contributed by atoms with Gasteiger partial charge in [0.05, 0.1) is 12.8 Å². The lowest BCUT2D eigenvalue weighted by atomic mass is 10.1. The smallest absolute Gasteiger partial charge is 0.255 e. The van der Waals surface area contributed by atoms with Gasteiger partial charge >= 0.3 is 0 Å². The summed E-state index contributed by atoms with van der Waals surface area (Å²) in [6, 6.07) is 17.4. The van der Waals surface area contributed by atoms with Crippen LogP contribution in [0.25, 0.3) is 0 Å². The summed E-state index contributed by atoms with van der Waals surface area (Å²) in [6.45, 7) is 0.293. The van der Waals surface area contributed by atoms with Crippen molar-refractivity contribution in [2.45, 2.75) is 6.54 Å². The van der Waals surface area contributed by atoms with Crippen molar-refractivity contribution < 1.29 is 14.0 Å². The molecule has 0 aliphatic heterocycles. The molecule has 2 amide bonds. The summed E-state index contributed by atoms with van der Waals surface area (Å²) in [5, 5.41) is 5.55. The number of halogens is 1. The summed E-state index contributed by atoms with van der Waals surface area (Å²) in [5.74, 6) is 0.121. The first kappa shape index (κ1) is 17.0. The first-order chi connectivity index (χ1) is 12.1. The Hall–Kier alpha value is -2.86. The number of benzene rings is 2. The molecule has 6 heteroatoms. The maximum absolute atomic E-state index is 12.3. The summed E-state index contributed by atoms with van der Waals surface area (Å²) in [7, 11) is 0. The highest BCUT2D eigenvalue weighted by Crippen LogP contribution is 2.15. The number of hydrogen-bond donors (Lipinski definition) is 2. The Labute approximate surface area is 153 Å². The number of anilines is 1. The van der Waals surface area contributed by atoms with Crippen molar-refractivity contribution >= 4 is 33.4 Å². The van der Waals surface area contributed by atoms with Gasteiger partial charge in [-0.2, -0.15) is 0 Å². The third-order valence-electron chi connectivity index (χ3n) is 3.49. The minimum absolute atomic E-state index is 0.269. The average Bonchev–Trinajstić information content (AvgIpc) is 3.15. The molecule has 3 rings (SSSR count). The predicted octanol–water partition coefficient (Wildman–Crippen LogP) is 4.22. The van der Waals surface area contributed by atoms with Crippen LogP contribution in [-0.4, -0.2) is 11.8 Å². The Bertz CT molecular complexity index is 874. The summed E-state index contributed by atoms with van der Waals surface area (Å²) < 4.78 is 6.11. The van der Waals surface area contributed by atoms with E-state index < -0.39 is 0 Å². The van der Waals surface area contributed by atoms with Crippen LogP contribution in [0.1, 0.15) is 26.5 Å². The molecule has 0 saturated heterocycles. The van der Waals surface area contributed by atoms with Gasteiger partial charge in [0.25, 0.3) is 11.8 Å². The monoisotopic (exact) mass is 398 g/mol. The van der Waals surface area contributed by atoms with Crippen LogP contribution >= 0.6 is 15.9 Å². The summed E-state index contributed by atoms with van der Waals surface area (Å²) >= 11 is 3.35. The zero-order chi connectivity index (χ0) is 17.6. The fraction of sp³-hybridized carbons (Fsp3) is 0.0526. The SMILES string of the molecule is O=C(NCc1ccco1)c1cccc(C(=O)Nc2ccc(Br)cc2)c1. The molecular weight excluding hydrogens is 384 g/mol. The van der Waals surface area contributed by atoms with E-state index in [-0.39, 0.29) is 11.8 Å². The van der Waals surface area contributed by atoms with Crippen LogP contribution in [-0.2, 0) is 6.54 Å². The fourth-order valence-electron chi connectivity index (χ4n) is 2.22. The van der Waals surface area contributed by atoms with E-state index in [2.05, 4.69) is 26.6 Å². The fourth-order valence-corrected chi connectivity index (χ4v) is 2.49. The molecular formula is C19H15BrN2O3. The van der Waals surface area contributed by atoms with Gasteiger partial charge in [-0.1, -0.05) is 22.0 Å². The molecule has 3 aromatic rings. The van der Waals surface area contributed by atoms with Crippen LogP contribution in [0.3, 0.4) is 0 Å². The second-order valence-corrected chi connectivity index (χ2v) is 6.22. The van der Waals surface area contributed by atoms with Crippen molar-refractivity contribution in [1.82, 2.24) is 5.32 Å². The Kier molecular flexibility index (Phi) is 5.30. The van der Waals surface area contributed by atoms with Gasteiger partial charge < -0.3 is 15.1 Å². The summed E-state index contributed by atoms with van der Waals surface area (Å²) in [5.41, 5.74) is 1.50. The Morgan fingerprint density at radius 3 is 2.32 bits per heavy atom. The number of carbonyl (C=O) groups excluding carboxylic acids is 2. The van der Waals surface area contributed by atoms with Gasteiger partial charge in [0.2, 0.25) is 0 Å². The molecule has 0 radical (unpaired) electrons. The van der Waals surface area contributed by atoms with Gasteiger partial charge in [-0.3, -0.25) is 9.59 Å². The largest absolute Gasteiger partial charge is 0.467 e. The summed E-state index contributed by atoms with van der Waals surface area (Å²) in [6.07, 6.45) is 1.55. The molecule has 0 spiro atoms. The van der Waals surface area contributed by atoms with E-state index in [1.807, 2.05) is 12.1 Å². The van der Waals surface area contributed by atoms with Crippen molar-refractivity contribution in [2.24, 2.45) is 0 Å². The van der Waals surface area contributed by atoms with Crippen LogP contribution < -0.4 is 10.6 Å². The molecule has 1 aromatic heterocycles. The maximum Gasteiger partial charge on any atom is 0.255 e. The topological polar surface area (TPSA) is 71.3 Å². The molecule has 0 atom stereocenters. The van der Waals surface area contributed by atoms with E-state index in [1.54, 1.807) is 54.8 Å². The van der Waals surface area contributed by atoms with Gasteiger partial charge in [0.1, 0.15) is 5.76 Å². The van der Waals surface area contributed by atoms with E-state index in [4.69, 9.17) is 4.42 Å². The quantitative estimate of drug-likeness (QED) is 0.675. The van der Waals surface area contributed by atoms with E-state index in [0.29, 0.717) is 29.1 Å². The molecule has 0 fully saturated rings. The van der Waals surface area contributed by atoms with Crippen LogP contribution in [0.4, 0.5) is 5.69 Å². The normalized spacial score (nSPS) is 10.3. The molecule has 5 nitrogen and oxygen atoms in total. The Morgan fingerprint density at radius 2 is 1.64 bits per heavy atom. The van der Waals surface area contributed by atoms with E-state index in [1.165, 1.54) is 0 Å². The number of furan rings is 1. The van der Waals surface area contributed by atoms with Gasteiger partial charge in [0, 0.05) is 21.3 Å². The van der Waals surface area contributed by atoms with Crippen molar-refractivity contribution in [1.29, 1.82) is 0 Å². The second kappa shape index (κ2) is 7.81. The van der Waals surface area contributed by atoms with Gasteiger partial charge in [-0.15, -0.1) is 0 Å². The van der Waals surface area contributed by atoms with Crippen LogP contribution in [0.2, 0.25) is 0 Å². The summed E-state index contributed by atoms with van der Waals surface area (Å²) in [4.78, 5) is 24.6. The average molecular weight is 399 g/mol. The minimum atomic E-state index is -0.275. The maximum atomic E-state index is 12.3. The Morgan fingerprint density at radius 1 is 0.920 bits per heavy atom. The molecule has 2 aromatic carbocycles. The Balaban J connectivity index is 1.66. The van der Waals surface area contributed by atoms with Crippen LogP contribution in [0.15, 0.2) is 75.8 Å².